The number of carbonyl (C=O) groups excluding carboxylic acids is 1. The van der Waals surface area contributed by atoms with E-state index in [-0.39, 0.29) is 23.0 Å². The highest BCUT2D eigenvalue weighted by atomic mass is 32.2. The first kappa shape index (κ1) is 24.6. The molecule has 1 amide bonds. The molecule has 7 nitrogen and oxygen atoms in total. The van der Waals surface area contributed by atoms with Crippen molar-refractivity contribution < 1.29 is 31.0 Å². The number of hydrogen-bond donors (Lipinski definition) is 2. The second kappa shape index (κ2) is 7.99. The predicted octanol–water partition coefficient (Wildman–Crippen LogP) is 5.29. The number of aromatic nitrogens is 3. The molecule has 34 heavy (non-hydrogen) atoms. The molecule has 186 valence electrons. The zero-order valence-corrected chi connectivity index (χ0v) is 19.3. The monoisotopic (exact) mass is 505 g/mol. The standard InChI is InChI=1S/C21H24F5N5O2S/c1-19(9-20(22,23)10-19)11-31-17(15(21(24,25)26)16(30-31)12-4-3-5-12)18(32)29-13-6-7-28-14(8-13)34(2,27)33/h6-8,12,27H,3-5,9-11H2,1-2H3,(H,28,29,32). The smallest absolute Gasteiger partial charge is 0.320 e. The van der Waals surface area contributed by atoms with Gasteiger partial charge in [0.05, 0.1) is 15.4 Å². The van der Waals surface area contributed by atoms with Crippen molar-refractivity contribution in [1.29, 1.82) is 4.78 Å². The average molecular weight is 506 g/mol. The highest BCUT2D eigenvalue weighted by Gasteiger charge is 2.55. The molecule has 2 saturated carbocycles. The van der Waals surface area contributed by atoms with Gasteiger partial charge in [-0.05, 0) is 30.4 Å². The molecule has 2 heterocycles. The van der Waals surface area contributed by atoms with Crippen molar-refractivity contribution in [1.82, 2.24) is 14.8 Å². The van der Waals surface area contributed by atoms with Gasteiger partial charge in [0.15, 0.2) is 0 Å². The van der Waals surface area contributed by atoms with E-state index in [1.165, 1.54) is 19.2 Å². The number of rotatable bonds is 6. The van der Waals surface area contributed by atoms with Crippen molar-refractivity contribution in [2.45, 2.75) is 68.6 Å². The van der Waals surface area contributed by atoms with Gasteiger partial charge in [-0.3, -0.25) is 9.48 Å². The Kier molecular flexibility index (Phi) is 5.77. The molecule has 0 radical (unpaired) electrons. The van der Waals surface area contributed by atoms with Crippen LogP contribution >= 0.6 is 0 Å². The van der Waals surface area contributed by atoms with Gasteiger partial charge in [0.25, 0.3) is 5.91 Å². The summed E-state index contributed by atoms with van der Waals surface area (Å²) in [5.74, 6) is -4.48. The minimum absolute atomic E-state index is 0.00397. The maximum absolute atomic E-state index is 14.2. The first-order valence-electron chi connectivity index (χ1n) is 10.6. The second-order valence-electron chi connectivity index (χ2n) is 9.59. The Balaban J connectivity index is 1.76. The molecule has 2 aliphatic carbocycles. The number of alkyl halides is 5. The van der Waals surface area contributed by atoms with Crippen LogP contribution in [0.2, 0.25) is 0 Å². The summed E-state index contributed by atoms with van der Waals surface area (Å²) >= 11 is 0. The van der Waals surface area contributed by atoms with Crippen LogP contribution in [0.15, 0.2) is 23.4 Å². The van der Waals surface area contributed by atoms with Crippen LogP contribution in [0.3, 0.4) is 0 Å². The van der Waals surface area contributed by atoms with Gasteiger partial charge in [0, 0.05) is 43.4 Å². The third kappa shape index (κ3) is 4.80. The van der Waals surface area contributed by atoms with Crippen molar-refractivity contribution in [3.8, 4) is 0 Å². The predicted molar refractivity (Wildman–Crippen MR) is 113 cm³/mol. The van der Waals surface area contributed by atoms with Gasteiger partial charge in [-0.2, -0.15) is 18.3 Å². The van der Waals surface area contributed by atoms with Gasteiger partial charge >= 0.3 is 6.18 Å². The SMILES string of the molecule is CC1(Cn2nc(C3CCC3)c(C(F)(F)F)c2C(=O)Nc2ccnc(S(C)(=N)=O)c2)CC(F)(F)C1. The second-order valence-corrected chi connectivity index (χ2v) is 11.7. The highest BCUT2D eigenvalue weighted by Crippen LogP contribution is 2.53. The summed E-state index contributed by atoms with van der Waals surface area (Å²) in [6, 6.07) is 2.45. The van der Waals surface area contributed by atoms with Gasteiger partial charge in [-0.15, -0.1) is 0 Å². The van der Waals surface area contributed by atoms with Crippen LogP contribution in [0.1, 0.15) is 66.7 Å². The summed E-state index contributed by atoms with van der Waals surface area (Å²) in [4.78, 5) is 17.0. The molecular formula is C21H24F5N5O2S. The zero-order valence-electron chi connectivity index (χ0n) is 18.5. The molecule has 0 saturated heterocycles. The molecule has 0 spiro atoms. The molecule has 2 aromatic heterocycles. The quantitative estimate of drug-likeness (QED) is 0.521. The molecule has 2 aliphatic rings. The largest absolute Gasteiger partial charge is 0.420 e. The average Bonchev–Trinajstić information content (AvgIpc) is 2.96. The highest BCUT2D eigenvalue weighted by molar-refractivity contribution is 7.91. The fraction of sp³-hybridized carbons (Fsp3) is 0.571. The Morgan fingerprint density at radius 2 is 1.97 bits per heavy atom. The summed E-state index contributed by atoms with van der Waals surface area (Å²) in [5.41, 5.74) is -3.14. The Bertz CT molecular complexity index is 1230. The molecule has 1 unspecified atom stereocenters. The lowest BCUT2D eigenvalue weighted by molar-refractivity contribution is -0.160. The Labute approximate surface area is 193 Å². The first-order chi connectivity index (χ1) is 15.6. The summed E-state index contributed by atoms with van der Waals surface area (Å²) in [6.07, 6.45) is -1.87. The van der Waals surface area contributed by atoms with Crippen LogP contribution in [0.25, 0.3) is 0 Å². The molecule has 1 atom stereocenters. The first-order valence-corrected chi connectivity index (χ1v) is 12.6. The number of anilines is 1. The number of amides is 1. The normalized spacial score (nSPS) is 21.3. The number of pyridine rings is 1. The van der Waals surface area contributed by atoms with Crippen LogP contribution in [-0.4, -0.2) is 37.1 Å². The van der Waals surface area contributed by atoms with Crippen LogP contribution in [0, 0.1) is 10.2 Å². The fourth-order valence-corrected chi connectivity index (χ4v) is 5.25. The van der Waals surface area contributed by atoms with E-state index in [1.54, 1.807) is 0 Å². The van der Waals surface area contributed by atoms with Gasteiger partial charge < -0.3 is 5.32 Å². The third-order valence-electron chi connectivity index (χ3n) is 6.26. The minimum atomic E-state index is -4.89. The van der Waals surface area contributed by atoms with Crippen LogP contribution in [-0.2, 0) is 22.5 Å². The molecule has 4 rings (SSSR count). The Morgan fingerprint density at radius 3 is 2.47 bits per heavy atom. The minimum Gasteiger partial charge on any atom is -0.320 e. The number of nitrogens with zero attached hydrogens (tertiary/aromatic N) is 3. The Morgan fingerprint density at radius 1 is 1.32 bits per heavy atom. The maximum atomic E-state index is 14.2. The molecular weight excluding hydrogens is 481 g/mol. The van der Waals surface area contributed by atoms with E-state index in [1.807, 2.05) is 0 Å². The molecule has 13 heteroatoms. The molecule has 2 fully saturated rings. The number of nitrogens with one attached hydrogen (secondary N) is 2. The summed E-state index contributed by atoms with van der Waals surface area (Å²) in [6.45, 7) is 1.27. The number of halogens is 5. The lowest BCUT2D eigenvalue weighted by atomic mass is 9.67. The third-order valence-corrected chi connectivity index (χ3v) is 7.29. The molecule has 2 N–H and O–H groups in total. The van der Waals surface area contributed by atoms with Gasteiger partial charge in [0.1, 0.15) is 16.3 Å². The van der Waals surface area contributed by atoms with Gasteiger partial charge in [-0.1, -0.05) is 13.3 Å². The molecule has 0 aliphatic heterocycles. The molecule has 0 bridgehead atoms. The van der Waals surface area contributed by atoms with E-state index in [0.717, 1.165) is 23.4 Å². The summed E-state index contributed by atoms with van der Waals surface area (Å²) in [5, 5.41) is 6.34. The number of carbonyl (C=O) groups is 1. The topological polar surface area (TPSA) is 101 Å². The van der Waals surface area contributed by atoms with Crippen LogP contribution < -0.4 is 5.32 Å². The Hall–Kier alpha value is -2.57. The fourth-order valence-electron chi connectivity index (χ4n) is 4.63. The molecule has 2 aromatic rings. The van der Waals surface area contributed by atoms with Crippen molar-refractivity contribution in [2.24, 2.45) is 5.41 Å². The van der Waals surface area contributed by atoms with E-state index >= 15 is 0 Å². The van der Waals surface area contributed by atoms with E-state index < -0.39 is 63.2 Å². The van der Waals surface area contributed by atoms with Crippen molar-refractivity contribution in [3.05, 3.63) is 35.3 Å². The van der Waals surface area contributed by atoms with Gasteiger partial charge in [0.2, 0.25) is 5.92 Å². The zero-order chi connectivity index (χ0) is 25.1. The van der Waals surface area contributed by atoms with Crippen molar-refractivity contribution in [2.75, 3.05) is 11.6 Å². The maximum Gasteiger partial charge on any atom is 0.420 e. The van der Waals surface area contributed by atoms with E-state index in [0.29, 0.717) is 12.8 Å². The van der Waals surface area contributed by atoms with E-state index in [2.05, 4.69) is 15.4 Å². The summed E-state index contributed by atoms with van der Waals surface area (Å²) in [7, 11) is -3.23. The summed E-state index contributed by atoms with van der Waals surface area (Å²) < 4.78 is 90.2. The van der Waals surface area contributed by atoms with Crippen LogP contribution in [0.5, 0.6) is 0 Å². The van der Waals surface area contributed by atoms with Crippen molar-refractivity contribution in [3.63, 3.8) is 0 Å². The van der Waals surface area contributed by atoms with Crippen LogP contribution in [0.4, 0.5) is 27.6 Å². The lowest BCUT2D eigenvalue weighted by Gasteiger charge is -2.44. The molecule has 0 aromatic carbocycles. The van der Waals surface area contributed by atoms with Gasteiger partial charge in [-0.25, -0.2) is 22.8 Å². The van der Waals surface area contributed by atoms with Crippen molar-refractivity contribution >= 4 is 21.3 Å². The number of hydrogen-bond acceptors (Lipinski definition) is 5. The lowest BCUT2D eigenvalue weighted by Crippen LogP contribution is -2.47. The van der Waals surface area contributed by atoms with E-state index in [4.69, 9.17) is 4.78 Å². The van der Waals surface area contributed by atoms with E-state index in [9.17, 15) is 31.0 Å².